The molecule has 5 nitrogen and oxygen atoms in total. The fourth-order valence-electron chi connectivity index (χ4n) is 0.112. The molecule has 9 heavy (non-hydrogen) atoms. The molecule has 0 aliphatic rings. The van der Waals surface area contributed by atoms with Crippen molar-refractivity contribution >= 4 is 10.1 Å². The molecule has 3 N–H and O–H groups in total. The van der Waals surface area contributed by atoms with Gasteiger partial charge in [-0.2, -0.15) is 0 Å². The molecule has 52 valence electrons. The summed E-state index contributed by atoms with van der Waals surface area (Å²) in [4.78, 5) is 0. The van der Waals surface area contributed by atoms with Crippen LogP contribution in [0.15, 0.2) is 0 Å². The quantitative estimate of drug-likeness (QED) is 0.326. The Labute approximate surface area is 75.4 Å². The second-order valence-electron chi connectivity index (χ2n) is 0.985. The molecule has 0 heterocycles. The van der Waals surface area contributed by atoms with E-state index >= 15 is 0 Å². The molecule has 0 bridgehead atoms. The number of aliphatic hydroxyl groups excluding tert-OH is 1. The Morgan fingerprint density at radius 3 is 1.78 bits per heavy atom. The van der Waals surface area contributed by atoms with Crippen molar-refractivity contribution in [3.63, 3.8) is 0 Å². The van der Waals surface area contributed by atoms with Gasteiger partial charge in [0, 0.05) is 0 Å². The molecule has 0 saturated heterocycles. The van der Waals surface area contributed by atoms with Gasteiger partial charge < -0.3 is 15.1 Å². The average Bonchev–Trinajstić information content (AvgIpc) is 1.30. The van der Waals surface area contributed by atoms with Crippen molar-refractivity contribution in [2.75, 3.05) is 12.4 Å². The molecule has 0 aliphatic carbocycles. The fourth-order valence-corrected chi connectivity index (χ4v) is 0.335. The first-order chi connectivity index (χ1) is 3.06. The van der Waals surface area contributed by atoms with Crippen LogP contribution in [0.3, 0.4) is 0 Å². The second-order valence-corrected chi connectivity index (χ2v) is 2.51. The third-order valence-electron chi connectivity index (χ3n) is 0.341. The van der Waals surface area contributed by atoms with E-state index in [1.807, 2.05) is 0 Å². The molecule has 0 rings (SSSR count). The molecule has 0 amide bonds. The number of hydrogen-bond acceptors (Lipinski definition) is 4. The van der Waals surface area contributed by atoms with E-state index < -0.39 is 22.5 Å². The van der Waals surface area contributed by atoms with Gasteiger partial charge in [-0.05, 0) is 0 Å². The van der Waals surface area contributed by atoms with Crippen molar-refractivity contribution < 1.29 is 53.1 Å². The van der Waals surface area contributed by atoms with Crippen LogP contribution in [0.2, 0.25) is 0 Å². The van der Waals surface area contributed by atoms with Crippen molar-refractivity contribution in [2.45, 2.75) is 0 Å². The summed E-state index contributed by atoms with van der Waals surface area (Å²) >= 11 is 0. The first kappa shape index (κ1) is 16.4. The molecule has 0 aromatic carbocycles. The van der Waals surface area contributed by atoms with Crippen LogP contribution in [0.5, 0.6) is 0 Å². The van der Waals surface area contributed by atoms with Gasteiger partial charge in [0.15, 0.2) is 0 Å². The Balaban J connectivity index is -0.000000180. The maximum absolute atomic E-state index is 9.52. The van der Waals surface area contributed by atoms with E-state index in [1.165, 1.54) is 0 Å². The van der Waals surface area contributed by atoms with E-state index in [1.54, 1.807) is 0 Å². The van der Waals surface area contributed by atoms with Crippen molar-refractivity contribution in [3.8, 4) is 0 Å². The van der Waals surface area contributed by atoms with Gasteiger partial charge in [-0.1, -0.05) is 0 Å². The monoisotopic (exact) mass is 166 g/mol. The van der Waals surface area contributed by atoms with Crippen molar-refractivity contribution in [2.24, 2.45) is 0 Å². The molecular weight excluding hydrogens is 159 g/mol. The Kier molecular flexibility index (Phi) is 12.7. The van der Waals surface area contributed by atoms with Gasteiger partial charge >= 0.3 is 29.6 Å². The predicted molar refractivity (Wildman–Crippen MR) is 25.3 cm³/mol. The van der Waals surface area contributed by atoms with Crippen LogP contribution in [-0.4, -0.2) is 35.9 Å². The van der Waals surface area contributed by atoms with E-state index in [2.05, 4.69) is 0 Å². The van der Waals surface area contributed by atoms with E-state index in [-0.39, 0.29) is 35.0 Å². The van der Waals surface area contributed by atoms with Crippen LogP contribution in [0, 0.1) is 0 Å². The summed E-state index contributed by atoms with van der Waals surface area (Å²) < 4.78 is 28.5. The first-order valence-electron chi connectivity index (χ1n) is 1.60. The van der Waals surface area contributed by atoms with Crippen LogP contribution in [0.4, 0.5) is 0 Å². The van der Waals surface area contributed by atoms with Crippen LogP contribution in [0.1, 0.15) is 0 Å². The van der Waals surface area contributed by atoms with Gasteiger partial charge in [-0.3, -0.25) is 0 Å². The van der Waals surface area contributed by atoms with E-state index in [4.69, 9.17) is 5.11 Å². The maximum Gasteiger partial charge on any atom is 1.00 e. The van der Waals surface area contributed by atoms with E-state index in [9.17, 15) is 13.0 Å². The summed E-state index contributed by atoms with van der Waals surface area (Å²) in [6, 6.07) is 0. The summed E-state index contributed by atoms with van der Waals surface area (Å²) in [5, 5.41) is 7.82. The topological polar surface area (TPSA) is 109 Å². The third kappa shape index (κ3) is 17.7. The molecule has 0 saturated carbocycles. The van der Waals surface area contributed by atoms with Gasteiger partial charge in [-0.15, -0.1) is 0 Å². The minimum atomic E-state index is -4.17. The van der Waals surface area contributed by atoms with Gasteiger partial charge in [0.05, 0.1) is 22.5 Å². The van der Waals surface area contributed by atoms with Crippen LogP contribution >= 0.6 is 0 Å². The zero-order valence-electron chi connectivity index (χ0n) is 4.99. The number of aliphatic hydroxyl groups is 1. The minimum absolute atomic E-state index is 0. The summed E-state index contributed by atoms with van der Waals surface area (Å²) in [7, 11) is -4.17. The molecule has 0 fully saturated rings. The summed E-state index contributed by atoms with van der Waals surface area (Å²) in [6.07, 6.45) is 0. The smallest absolute Gasteiger partial charge is 0.748 e. The number of rotatable bonds is 2. The minimum Gasteiger partial charge on any atom is -0.748 e. The van der Waals surface area contributed by atoms with Crippen molar-refractivity contribution in [1.29, 1.82) is 0 Å². The van der Waals surface area contributed by atoms with E-state index in [0.717, 1.165) is 0 Å². The molecule has 7 heteroatoms. The molecule has 0 radical (unpaired) electrons. The molecule has 0 unspecified atom stereocenters. The molecule has 0 spiro atoms. The summed E-state index contributed by atoms with van der Waals surface area (Å²) in [6.45, 7) is -0.591. The Bertz CT molecular complexity index is 128. The zero-order chi connectivity index (χ0) is 5.91. The zero-order valence-corrected chi connectivity index (χ0v) is 7.81. The summed E-state index contributed by atoms with van der Waals surface area (Å²) in [5.74, 6) is -0.688. The molecule has 0 atom stereocenters. The normalized spacial score (nSPS) is 9.11. The van der Waals surface area contributed by atoms with Crippen LogP contribution in [-0.2, 0) is 10.1 Å². The Hall–Kier alpha value is 0.830. The van der Waals surface area contributed by atoms with Gasteiger partial charge in [0.1, 0.15) is 0 Å². The van der Waals surface area contributed by atoms with Crippen LogP contribution in [0.25, 0.3) is 0 Å². The van der Waals surface area contributed by atoms with Crippen LogP contribution < -0.4 is 29.6 Å². The van der Waals surface area contributed by atoms with Crippen molar-refractivity contribution in [3.05, 3.63) is 0 Å². The molecule has 0 aliphatic heterocycles. The van der Waals surface area contributed by atoms with Crippen molar-refractivity contribution in [1.82, 2.24) is 0 Å². The summed E-state index contributed by atoms with van der Waals surface area (Å²) in [5.41, 5.74) is 0. The maximum atomic E-state index is 9.52. The van der Waals surface area contributed by atoms with Gasteiger partial charge in [-0.25, -0.2) is 8.42 Å². The SMILES string of the molecule is O.O=S(=O)([O-])CCO.[Na+]. The Morgan fingerprint density at radius 2 is 1.78 bits per heavy atom. The van der Waals surface area contributed by atoms with E-state index in [0.29, 0.717) is 0 Å². The molecule has 0 aromatic rings. The molecular formula is C2H7NaO5S. The second kappa shape index (κ2) is 6.94. The number of hydrogen-bond donors (Lipinski definition) is 1. The van der Waals surface area contributed by atoms with Gasteiger partial charge in [0.25, 0.3) is 0 Å². The average molecular weight is 166 g/mol. The first-order valence-corrected chi connectivity index (χ1v) is 3.18. The predicted octanol–water partition coefficient (Wildman–Crippen LogP) is -5.30. The molecule has 0 aromatic heterocycles. The standard InChI is InChI=1S/C2H6O4S.Na.H2O/c3-1-2-7(4,5)6;;/h3H,1-2H2,(H,4,5,6);;1H2/q;+1;/p-1. The fraction of sp³-hybridized carbons (Fsp3) is 1.00. The van der Waals surface area contributed by atoms with Gasteiger partial charge in [0.2, 0.25) is 0 Å². The Morgan fingerprint density at radius 1 is 1.44 bits per heavy atom. The third-order valence-corrected chi connectivity index (χ3v) is 1.02. The largest absolute Gasteiger partial charge is 1.00 e.